The highest BCUT2D eigenvalue weighted by atomic mass is 32.2. The predicted octanol–water partition coefficient (Wildman–Crippen LogP) is 4.12. The van der Waals surface area contributed by atoms with Crippen LogP contribution in [0.2, 0.25) is 0 Å². The highest BCUT2D eigenvalue weighted by molar-refractivity contribution is 7.85. The second-order valence-corrected chi connectivity index (χ2v) is 10.9. The van der Waals surface area contributed by atoms with Gasteiger partial charge >= 0.3 is 0 Å². The molecule has 4 N–H and O–H groups in total. The van der Waals surface area contributed by atoms with E-state index in [1.54, 1.807) is 6.07 Å². The van der Waals surface area contributed by atoms with Crippen LogP contribution in [-0.4, -0.2) is 45.3 Å². The van der Waals surface area contributed by atoms with Crippen molar-refractivity contribution in [2.75, 3.05) is 41.5 Å². The van der Waals surface area contributed by atoms with Gasteiger partial charge in [0.2, 0.25) is 0 Å². The number of hydrogen-bond acceptors (Lipinski definition) is 8. The van der Waals surface area contributed by atoms with E-state index in [1.165, 1.54) is 6.20 Å². The monoisotopic (exact) mass is 523 g/mol. The minimum absolute atomic E-state index is 0.252. The number of benzene rings is 2. The number of nitrogens with one attached hydrogen (secondary N) is 2. The van der Waals surface area contributed by atoms with Crippen molar-refractivity contribution in [1.82, 2.24) is 4.98 Å². The summed E-state index contributed by atoms with van der Waals surface area (Å²) in [5.74, 6) is 0.536. The molecule has 2 heterocycles. The second kappa shape index (κ2) is 12.1. The lowest BCUT2D eigenvalue weighted by Gasteiger charge is -2.33. The van der Waals surface area contributed by atoms with Crippen LogP contribution in [0.25, 0.3) is 0 Å². The summed E-state index contributed by atoms with van der Waals surface area (Å²) in [5, 5.41) is 6.58. The van der Waals surface area contributed by atoms with Crippen LogP contribution in [-0.2, 0) is 20.8 Å². The average molecular weight is 524 g/mol. The molecule has 1 saturated heterocycles. The number of piperidine rings is 1. The average Bonchev–Trinajstić information content (AvgIpc) is 2.88. The number of amides is 1. The van der Waals surface area contributed by atoms with Gasteiger partial charge in [0.25, 0.3) is 16.0 Å². The van der Waals surface area contributed by atoms with E-state index in [1.807, 2.05) is 42.5 Å². The Labute approximate surface area is 218 Å². The van der Waals surface area contributed by atoms with Crippen LogP contribution in [0.4, 0.5) is 22.9 Å². The van der Waals surface area contributed by atoms with E-state index < -0.39 is 16.0 Å². The van der Waals surface area contributed by atoms with E-state index >= 15 is 0 Å². The number of carbonyl (C=O) groups excluding carboxylic acids is 1. The highest BCUT2D eigenvalue weighted by Gasteiger charge is 2.20. The number of nitrogens with two attached hydrogens (primary N) is 1. The number of anilines is 4. The normalized spacial score (nSPS) is 14.4. The maximum Gasteiger partial charge on any atom is 0.264 e. The summed E-state index contributed by atoms with van der Waals surface area (Å²) in [4.78, 5) is 18.6. The van der Waals surface area contributed by atoms with Crippen molar-refractivity contribution in [3.63, 3.8) is 0 Å². The molecule has 37 heavy (non-hydrogen) atoms. The quantitative estimate of drug-likeness (QED) is 0.321. The number of pyridine rings is 1. The fourth-order valence-corrected chi connectivity index (χ4v) is 4.81. The summed E-state index contributed by atoms with van der Waals surface area (Å²) in [6.07, 6.45) is 5.33. The zero-order valence-corrected chi connectivity index (χ0v) is 21.7. The fraction of sp³-hybridized carbons (Fsp3) is 0.333. The Bertz CT molecular complexity index is 1290. The summed E-state index contributed by atoms with van der Waals surface area (Å²) < 4.78 is 27.2. The Hall–Kier alpha value is -3.63. The van der Waals surface area contributed by atoms with Gasteiger partial charge in [0.15, 0.2) is 0 Å². The van der Waals surface area contributed by atoms with Gasteiger partial charge in [0, 0.05) is 43.3 Å². The van der Waals surface area contributed by atoms with E-state index in [0.29, 0.717) is 29.5 Å². The lowest BCUT2D eigenvalue weighted by Crippen LogP contribution is -2.34. The van der Waals surface area contributed by atoms with Crippen molar-refractivity contribution in [3.05, 3.63) is 78.0 Å². The molecule has 196 valence electrons. The molecule has 0 aliphatic carbocycles. The molecule has 0 bridgehead atoms. The Morgan fingerprint density at radius 1 is 1.11 bits per heavy atom. The van der Waals surface area contributed by atoms with E-state index in [9.17, 15) is 13.2 Å². The largest absolute Gasteiger partial charge is 0.380 e. The standard InChI is InChI=1S/C27H33N5O4S/c1-37(34,35)36-16-13-20-11-14-32(15-12-20)23-9-7-22(8-10-23)31-26-17-25(24(19-30-26)27(28)33)29-18-21-5-3-2-4-6-21/h2-10,17,19-20H,11-16,18H2,1H3,(H2,28,33)(H2,29,30,31). The van der Waals surface area contributed by atoms with E-state index in [0.717, 1.165) is 55.5 Å². The molecule has 10 heteroatoms. The van der Waals surface area contributed by atoms with Crippen molar-refractivity contribution in [2.45, 2.75) is 25.8 Å². The van der Waals surface area contributed by atoms with Gasteiger partial charge in [0.1, 0.15) is 5.82 Å². The third-order valence-electron chi connectivity index (χ3n) is 6.44. The van der Waals surface area contributed by atoms with Gasteiger partial charge in [-0.1, -0.05) is 30.3 Å². The van der Waals surface area contributed by atoms with Crippen LogP contribution in [0.3, 0.4) is 0 Å². The number of primary amides is 1. The molecule has 0 radical (unpaired) electrons. The third-order valence-corrected chi connectivity index (χ3v) is 7.03. The Kier molecular flexibility index (Phi) is 8.62. The summed E-state index contributed by atoms with van der Waals surface area (Å²) in [5.41, 5.74) is 9.61. The number of nitrogens with zero attached hydrogens (tertiary/aromatic N) is 2. The van der Waals surface area contributed by atoms with Crippen LogP contribution < -0.4 is 21.3 Å². The van der Waals surface area contributed by atoms with Gasteiger partial charge in [-0.15, -0.1) is 0 Å². The maximum atomic E-state index is 11.9. The Morgan fingerprint density at radius 3 is 2.46 bits per heavy atom. The first-order valence-corrected chi connectivity index (χ1v) is 14.1. The molecule has 2 aromatic carbocycles. The second-order valence-electron chi connectivity index (χ2n) is 9.24. The molecular formula is C27H33N5O4S. The van der Waals surface area contributed by atoms with Gasteiger partial charge in [-0.25, -0.2) is 4.98 Å². The minimum atomic E-state index is -3.37. The van der Waals surface area contributed by atoms with Crippen LogP contribution in [0.1, 0.15) is 35.2 Å². The molecular weight excluding hydrogens is 490 g/mol. The van der Waals surface area contributed by atoms with E-state index in [4.69, 9.17) is 9.92 Å². The van der Waals surface area contributed by atoms with Crippen molar-refractivity contribution in [2.24, 2.45) is 11.7 Å². The number of carbonyl (C=O) groups is 1. The molecule has 9 nitrogen and oxygen atoms in total. The maximum absolute atomic E-state index is 11.9. The van der Waals surface area contributed by atoms with Gasteiger partial charge < -0.3 is 21.3 Å². The summed E-state index contributed by atoms with van der Waals surface area (Å²) in [6, 6.07) is 19.8. The molecule has 0 atom stereocenters. The molecule has 1 aliphatic heterocycles. The first-order valence-electron chi connectivity index (χ1n) is 12.3. The molecule has 1 amide bonds. The molecule has 0 spiro atoms. The van der Waals surface area contributed by atoms with Gasteiger partial charge in [-0.3, -0.25) is 8.98 Å². The fourth-order valence-electron chi connectivity index (χ4n) is 4.41. The number of rotatable bonds is 11. The van der Waals surface area contributed by atoms with E-state index in [2.05, 4.69) is 32.7 Å². The minimum Gasteiger partial charge on any atom is -0.380 e. The zero-order chi connectivity index (χ0) is 26.3. The smallest absolute Gasteiger partial charge is 0.264 e. The lowest BCUT2D eigenvalue weighted by molar-refractivity contribution is 0.100. The number of hydrogen-bond donors (Lipinski definition) is 3. The molecule has 1 fully saturated rings. The van der Waals surface area contributed by atoms with Crippen LogP contribution in [0.15, 0.2) is 66.9 Å². The molecule has 4 rings (SSSR count). The Balaban J connectivity index is 1.33. The third kappa shape index (κ3) is 7.93. The summed E-state index contributed by atoms with van der Waals surface area (Å²) in [6.45, 7) is 2.65. The number of aromatic nitrogens is 1. The van der Waals surface area contributed by atoms with Crippen LogP contribution in [0, 0.1) is 5.92 Å². The van der Waals surface area contributed by atoms with Gasteiger partial charge in [0.05, 0.1) is 24.1 Å². The lowest BCUT2D eigenvalue weighted by atomic mass is 9.93. The van der Waals surface area contributed by atoms with Crippen molar-refractivity contribution in [3.8, 4) is 0 Å². The molecule has 0 saturated carbocycles. The first-order chi connectivity index (χ1) is 17.8. The van der Waals surface area contributed by atoms with Gasteiger partial charge in [-0.2, -0.15) is 8.42 Å². The molecule has 3 aromatic rings. The van der Waals surface area contributed by atoms with Crippen molar-refractivity contribution < 1.29 is 17.4 Å². The van der Waals surface area contributed by atoms with E-state index in [-0.39, 0.29) is 6.61 Å². The summed E-state index contributed by atoms with van der Waals surface area (Å²) >= 11 is 0. The van der Waals surface area contributed by atoms with Crippen molar-refractivity contribution >= 4 is 38.9 Å². The van der Waals surface area contributed by atoms with Crippen LogP contribution >= 0.6 is 0 Å². The van der Waals surface area contributed by atoms with Crippen molar-refractivity contribution in [1.29, 1.82) is 0 Å². The SMILES string of the molecule is CS(=O)(=O)OCCC1CCN(c2ccc(Nc3cc(NCc4ccccc4)c(C(N)=O)cn3)cc2)CC1. The van der Waals surface area contributed by atoms with Gasteiger partial charge in [-0.05, 0) is 55.0 Å². The first kappa shape index (κ1) is 26.4. The highest BCUT2D eigenvalue weighted by Crippen LogP contribution is 2.28. The van der Waals surface area contributed by atoms with Crippen LogP contribution in [0.5, 0.6) is 0 Å². The Morgan fingerprint density at radius 2 is 1.81 bits per heavy atom. The molecule has 0 unspecified atom stereocenters. The zero-order valence-electron chi connectivity index (χ0n) is 20.9. The predicted molar refractivity (Wildman–Crippen MR) is 147 cm³/mol. The molecule has 1 aromatic heterocycles. The summed E-state index contributed by atoms with van der Waals surface area (Å²) in [7, 11) is -3.37. The molecule has 1 aliphatic rings. The topological polar surface area (TPSA) is 127 Å².